The summed E-state index contributed by atoms with van der Waals surface area (Å²) in [6.45, 7) is 0. The third-order valence-electron chi connectivity index (χ3n) is 2.08. The minimum Gasteiger partial charge on any atom is -0.228 e. The van der Waals surface area contributed by atoms with Crippen LogP contribution in [-0.4, -0.2) is 21.1 Å². The van der Waals surface area contributed by atoms with Crippen LogP contribution in [0.1, 0.15) is 11.1 Å². The Labute approximate surface area is 121 Å². The molecule has 1 aromatic rings. The van der Waals surface area contributed by atoms with E-state index in [9.17, 15) is 34.9 Å². The largest absolute Gasteiger partial charge is 0.417 e. The van der Waals surface area contributed by atoms with E-state index in [1.165, 1.54) is 0 Å². The Morgan fingerprint density at radius 2 is 1.48 bits per heavy atom. The number of benzene rings is 1. The van der Waals surface area contributed by atoms with Crippen LogP contribution in [0, 0.1) is 0 Å². The molecule has 0 aliphatic rings. The molecule has 0 aromatic heterocycles. The Bertz CT molecular complexity index is 550. The fourth-order valence-electron chi connectivity index (χ4n) is 1.03. The highest BCUT2D eigenvalue weighted by atomic mass is 35.5. The summed E-state index contributed by atoms with van der Waals surface area (Å²) in [6, 6.07) is 2.94. The molecule has 0 saturated carbocycles. The molecular formula is C10H5ClF7NOS. The summed E-state index contributed by atoms with van der Waals surface area (Å²) < 4.78 is 101. The smallest absolute Gasteiger partial charge is 0.228 e. The molecule has 21 heavy (non-hydrogen) atoms. The molecule has 2 nitrogen and oxygen atoms in total. The van der Waals surface area contributed by atoms with Crippen molar-refractivity contribution in [1.29, 1.82) is 0 Å². The van der Waals surface area contributed by atoms with Gasteiger partial charge in [0, 0.05) is 6.21 Å². The van der Waals surface area contributed by atoms with Gasteiger partial charge in [-0.1, -0.05) is 12.1 Å². The second kappa shape index (κ2) is 5.91. The lowest BCUT2D eigenvalue weighted by Crippen LogP contribution is -2.38. The topological polar surface area (TPSA) is 29.4 Å². The van der Waals surface area contributed by atoms with Crippen molar-refractivity contribution in [3.8, 4) is 0 Å². The molecule has 0 fully saturated rings. The van der Waals surface area contributed by atoms with E-state index >= 15 is 0 Å². The quantitative estimate of drug-likeness (QED) is 0.452. The van der Waals surface area contributed by atoms with Crippen LogP contribution in [0.5, 0.6) is 0 Å². The minimum absolute atomic E-state index is 0.134. The molecule has 0 heterocycles. The van der Waals surface area contributed by atoms with Gasteiger partial charge in [-0.2, -0.15) is 35.1 Å². The van der Waals surface area contributed by atoms with Crippen molar-refractivity contribution in [2.24, 2.45) is 4.40 Å². The average molecular weight is 356 g/mol. The Morgan fingerprint density at radius 1 is 1.00 bits per heavy atom. The van der Waals surface area contributed by atoms with Crippen LogP contribution in [0.4, 0.5) is 30.7 Å². The highest BCUT2D eigenvalue weighted by Crippen LogP contribution is 2.40. The molecule has 1 aromatic carbocycles. The Hall–Kier alpha value is -1.16. The summed E-state index contributed by atoms with van der Waals surface area (Å²) in [5.41, 5.74) is -1.14. The maximum absolute atomic E-state index is 12.8. The summed E-state index contributed by atoms with van der Waals surface area (Å²) in [7, 11) is -3.69. The van der Waals surface area contributed by atoms with E-state index in [1.807, 2.05) is 0 Å². The molecule has 1 rings (SSSR count). The van der Waals surface area contributed by atoms with Crippen LogP contribution in [-0.2, 0) is 17.2 Å². The van der Waals surface area contributed by atoms with Crippen LogP contribution >= 0.6 is 11.6 Å². The van der Waals surface area contributed by atoms with Crippen LogP contribution in [0.3, 0.4) is 0 Å². The molecule has 0 aliphatic heterocycles. The van der Waals surface area contributed by atoms with Gasteiger partial charge in [0.25, 0.3) is 0 Å². The highest BCUT2D eigenvalue weighted by molar-refractivity contribution is 7.85. The minimum atomic E-state index is -5.11. The van der Waals surface area contributed by atoms with Crippen molar-refractivity contribution in [3.05, 3.63) is 35.4 Å². The summed E-state index contributed by atoms with van der Waals surface area (Å²) in [5, 5.41) is -10.2. The number of halogens is 8. The zero-order chi connectivity index (χ0) is 16.5. The van der Waals surface area contributed by atoms with Crippen molar-refractivity contribution in [2.45, 2.75) is 16.8 Å². The Kier molecular flexibility index (Phi) is 5.04. The first-order valence-corrected chi connectivity index (χ1v) is 6.42. The lowest BCUT2D eigenvalue weighted by Gasteiger charge is -2.17. The molecule has 118 valence electrons. The number of hydrogen-bond acceptors (Lipinski definition) is 1. The van der Waals surface area contributed by atoms with Crippen molar-refractivity contribution in [1.82, 2.24) is 0 Å². The fourth-order valence-corrected chi connectivity index (χ4v) is 1.78. The third-order valence-corrected chi connectivity index (χ3v) is 3.43. The predicted octanol–water partition coefficient (Wildman–Crippen LogP) is 4.21. The molecule has 0 aliphatic carbocycles. The van der Waals surface area contributed by atoms with Gasteiger partial charge >= 0.3 is 16.8 Å². The lowest BCUT2D eigenvalue weighted by molar-refractivity contribution is -0.137. The van der Waals surface area contributed by atoms with E-state index in [-0.39, 0.29) is 5.56 Å². The molecule has 0 spiro atoms. The van der Waals surface area contributed by atoms with Crippen LogP contribution < -0.4 is 0 Å². The van der Waals surface area contributed by atoms with Gasteiger partial charge in [-0.15, -0.1) is 0 Å². The zero-order valence-electron chi connectivity index (χ0n) is 9.67. The van der Waals surface area contributed by atoms with Crippen LogP contribution in [0.25, 0.3) is 0 Å². The van der Waals surface area contributed by atoms with E-state index in [4.69, 9.17) is 0 Å². The maximum atomic E-state index is 12.8. The monoisotopic (exact) mass is 355 g/mol. The van der Waals surface area contributed by atoms with Gasteiger partial charge in [0.05, 0.1) is 5.56 Å². The second-order valence-electron chi connectivity index (χ2n) is 3.62. The lowest BCUT2D eigenvalue weighted by atomic mass is 10.1. The molecule has 1 unspecified atom stereocenters. The van der Waals surface area contributed by atoms with Crippen molar-refractivity contribution < 1.29 is 34.9 Å². The van der Waals surface area contributed by atoms with Gasteiger partial charge in [0.2, 0.25) is 11.0 Å². The second-order valence-corrected chi connectivity index (χ2v) is 5.31. The van der Waals surface area contributed by atoms with Crippen molar-refractivity contribution in [3.63, 3.8) is 0 Å². The molecule has 0 N–H and O–H groups in total. The van der Waals surface area contributed by atoms with E-state index in [2.05, 4.69) is 16.0 Å². The number of rotatable bonds is 4. The first kappa shape index (κ1) is 17.9. The fraction of sp³-hybridized carbons (Fsp3) is 0.300. The summed E-state index contributed by atoms with van der Waals surface area (Å²) in [6.07, 6.45) is -4.11. The van der Waals surface area contributed by atoms with Gasteiger partial charge < -0.3 is 0 Å². The molecule has 0 radical (unpaired) electrons. The highest BCUT2D eigenvalue weighted by Gasteiger charge is 2.60. The van der Waals surface area contributed by atoms with Crippen molar-refractivity contribution >= 4 is 28.8 Å². The first-order valence-electron chi connectivity index (χ1n) is 4.93. The number of hydrogen-bond donors (Lipinski definition) is 0. The summed E-state index contributed by atoms with van der Waals surface area (Å²) >= 11 is 4.10. The van der Waals surface area contributed by atoms with Gasteiger partial charge in [-0.05, 0) is 29.3 Å². The average Bonchev–Trinajstić information content (AvgIpc) is 2.33. The molecular weight excluding hydrogens is 351 g/mol. The summed E-state index contributed by atoms with van der Waals surface area (Å²) in [5.74, 6) is 0. The van der Waals surface area contributed by atoms with Gasteiger partial charge in [0.15, 0.2) is 0 Å². The van der Waals surface area contributed by atoms with E-state index < -0.39 is 33.4 Å². The van der Waals surface area contributed by atoms with Gasteiger partial charge in [-0.3, -0.25) is 0 Å². The molecule has 1 atom stereocenters. The third kappa shape index (κ3) is 4.40. The number of nitrogens with zero attached hydrogens (tertiary/aromatic N) is 1. The normalized spacial score (nSPS) is 15.4. The Morgan fingerprint density at radius 3 is 1.86 bits per heavy atom. The molecule has 0 saturated heterocycles. The zero-order valence-corrected chi connectivity index (χ0v) is 11.2. The van der Waals surface area contributed by atoms with Gasteiger partial charge in [0.1, 0.15) is 0 Å². The van der Waals surface area contributed by atoms with Crippen molar-refractivity contribution in [2.75, 3.05) is 0 Å². The predicted molar refractivity (Wildman–Crippen MR) is 62.9 cm³/mol. The van der Waals surface area contributed by atoms with E-state index in [0.29, 0.717) is 18.3 Å². The SMILES string of the molecule is O=S(/N=C/c1ccc(C(F)(F)F)cc1)C(F)(F)C(F)(F)Cl. The molecule has 0 bridgehead atoms. The summed E-state index contributed by atoms with van der Waals surface area (Å²) in [4.78, 5) is 0. The van der Waals surface area contributed by atoms with E-state index in [1.54, 1.807) is 0 Å². The number of alkyl halides is 8. The van der Waals surface area contributed by atoms with E-state index in [0.717, 1.165) is 12.1 Å². The van der Waals surface area contributed by atoms with Crippen LogP contribution in [0.2, 0.25) is 0 Å². The molecule has 0 amide bonds. The van der Waals surface area contributed by atoms with Gasteiger partial charge in [-0.25, -0.2) is 4.21 Å². The standard InChI is InChI=1S/C10H5ClF7NOS/c11-9(15,16)10(17,18)21(20)19-5-6-1-3-7(4-2-6)8(12,13)14/h1-5H/b19-5+. The maximum Gasteiger partial charge on any atom is 0.417 e. The first-order chi connectivity index (χ1) is 9.35. The van der Waals surface area contributed by atoms with Crippen LogP contribution in [0.15, 0.2) is 28.7 Å². The molecule has 11 heteroatoms. The Balaban J connectivity index is 2.89.